The molecule has 0 saturated carbocycles. The zero-order chi connectivity index (χ0) is 32.6. The molecular formula is C35H37Cl2N3O4S. The standard InChI is InChI=1S/C35H37Cl2N3O4S/c1-4-26(3)38-35(42)33(21-27-12-7-5-8-13-27)39(23-28-14-11-15-29(36)20-28)34(41)24-40(30-19-18-25(2)32(37)22-30)45(43,44)31-16-9-6-10-17-31/h5-20,22,26,33H,4,21,23-24H2,1-3H3,(H,38,42)/t26-,33-/m1/s1. The molecule has 0 aliphatic rings. The first kappa shape index (κ1) is 34.0. The minimum atomic E-state index is -4.21. The molecule has 7 nitrogen and oxygen atoms in total. The summed E-state index contributed by atoms with van der Waals surface area (Å²) >= 11 is 12.7. The lowest BCUT2D eigenvalue weighted by molar-refractivity contribution is -0.140. The highest BCUT2D eigenvalue weighted by Crippen LogP contribution is 2.29. The minimum absolute atomic E-state index is 0.0197. The molecule has 10 heteroatoms. The number of sulfonamides is 1. The van der Waals surface area contributed by atoms with Gasteiger partial charge in [0.1, 0.15) is 12.6 Å². The van der Waals surface area contributed by atoms with Crippen molar-refractivity contribution in [3.05, 3.63) is 130 Å². The molecule has 0 aliphatic carbocycles. The summed E-state index contributed by atoms with van der Waals surface area (Å²) in [5.74, 6) is -0.897. The van der Waals surface area contributed by atoms with Gasteiger partial charge in [-0.1, -0.05) is 96.9 Å². The van der Waals surface area contributed by atoms with Crippen molar-refractivity contribution in [2.75, 3.05) is 10.8 Å². The van der Waals surface area contributed by atoms with E-state index in [1.54, 1.807) is 48.5 Å². The normalized spacial score (nSPS) is 12.6. The number of anilines is 1. The Balaban J connectivity index is 1.82. The molecule has 0 fully saturated rings. The van der Waals surface area contributed by atoms with Crippen molar-refractivity contribution >= 4 is 50.7 Å². The van der Waals surface area contributed by atoms with Crippen molar-refractivity contribution in [2.45, 2.75) is 57.1 Å². The molecule has 4 aromatic carbocycles. The fourth-order valence-electron chi connectivity index (χ4n) is 4.81. The van der Waals surface area contributed by atoms with Gasteiger partial charge in [-0.05, 0) is 73.4 Å². The van der Waals surface area contributed by atoms with Crippen molar-refractivity contribution in [3.63, 3.8) is 0 Å². The molecule has 4 aromatic rings. The van der Waals surface area contributed by atoms with E-state index in [-0.39, 0.29) is 35.5 Å². The van der Waals surface area contributed by atoms with Crippen LogP contribution in [0.25, 0.3) is 0 Å². The van der Waals surface area contributed by atoms with E-state index < -0.39 is 28.5 Å². The zero-order valence-corrected chi connectivity index (χ0v) is 27.8. The summed E-state index contributed by atoms with van der Waals surface area (Å²) in [6.45, 7) is 5.13. The molecule has 0 unspecified atom stereocenters. The number of amides is 2. The van der Waals surface area contributed by atoms with Gasteiger partial charge in [0, 0.05) is 29.1 Å². The third-order valence-corrected chi connectivity index (χ3v) is 10.00. The van der Waals surface area contributed by atoms with Crippen molar-refractivity contribution in [1.29, 1.82) is 0 Å². The molecule has 2 amide bonds. The molecule has 1 N–H and O–H groups in total. The smallest absolute Gasteiger partial charge is 0.264 e. The van der Waals surface area contributed by atoms with Crippen LogP contribution in [0.15, 0.2) is 108 Å². The highest BCUT2D eigenvalue weighted by atomic mass is 35.5. The molecule has 2 atom stereocenters. The maximum Gasteiger partial charge on any atom is 0.264 e. The predicted octanol–water partition coefficient (Wildman–Crippen LogP) is 7.05. The van der Waals surface area contributed by atoms with Crippen LogP contribution in [-0.2, 0) is 32.6 Å². The summed E-state index contributed by atoms with van der Waals surface area (Å²) in [6.07, 6.45) is 0.917. The van der Waals surface area contributed by atoms with Crippen LogP contribution in [0.4, 0.5) is 5.69 Å². The number of hydrogen-bond donors (Lipinski definition) is 1. The highest BCUT2D eigenvalue weighted by Gasteiger charge is 2.35. The first-order chi connectivity index (χ1) is 21.5. The van der Waals surface area contributed by atoms with Crippen LogP contribution in [0.3, 0.4) is 0 Å². The Bertz CT molecular complexity index is 1720. The van der Waals surface area contributed by atoms with Crippen molar-refractivity contribution in [3.8, 4) is 0 Å². The summed E-state index contributed by atoms with van der Waals surface area (Å²) in [4.78, 5) is 29.9. The highest BCUT2D eigenvalue weighted by molar-refractivity contribution is 7.92. The molecule has 0 heterocycles. The molecule has 0 spiro atoms. The summed E-state index contributed by atoms with van der Waals surface area (Å²) < 4.78 is 29.2. The van der Waals surface area contributed by atoms with Gasteiger partial charge in [0.25, 0.3) is 10.0 Å². The zero-order valence-electron chi connectivity index (χ0n) is 25.5. The number of hydrogen-bond acceptors (Lipinski definition) is 4. The van der Waals surface area contributed by atoms with Gasteiger partial charge >= 0.3 is 0 Å². The van der Waals surface area contributed by atoms with Gasteiger partial charge in [-0.25, -0.2) is 8.42 Å². The molecule has 0 bridgehead atoms. The van der Waals surface area contributed by atoms with Gasteiger partial charge in [-0.15, -0.1) is 0 Å². The van der Waals surface area contributed by atoms with Gasteiger partial charge in [0.15, 0.2) is 0 Å². The van der Waals surface area contributed by atoms with Crippen molar-refractivity contribution in [2.24, 2.45) is 0 Å². The minimum Gasteiger partial charge on any atom is -0.352 e. The number of aryl methyl sites for hydroxylation is 1. The average Bonchev–Trinajstić information content (AvgIpc) is 3.03. The largest absolute Gasteiger partial charge is 0.352 e. The third-order valence-electron chi connectivity index (χ3n) is 7.57. The van der Waals surface area contributed by atoms with E-state index in [4.69, 9.17) is 23.2 Å². The molecule has 0 aromatic heterocycles. The Labute approximate surface area is 275 Å². The third kappa shape index (κ3) is 8.87. The van der Waals surface area contributed by atoms with E-state index in [1.165, 1.54) is 23.1 Å². The van der Waals surface area contributed by atoms with Crippen LogP contribution in [0.2, 0.25) is 10.0 Å². The second-order valence-electron chi connectivity index (χ2n) is 10.9. The maximum atomic E-state index is 14.5. The summed E-state index contributed by atoms with van der Waals surface area (Å²) in [7, 11) is -4.21. The Kier molecular flexibility index (Phi) is 11.7. The molecule has 45 heavy (non-hydrogen) atoms. The Morgan fingerprint density at radius 3 is 2.11 bits per heavy atom. The lowest BCUT2D eigenvalue weighted by Crippen LogP contribution is -2.54. The van der Waals surface area contributed by atoms with Gasteiger partial charge in [-0.2, -0.15) is 0 Å². The number of nitrogens with one attached hydrogen (secondary N) is 1. The summed E-state index contributed by atoms with van der Waals surface area (Å²) in [6, 6.07) is 28.1. The van der Waals surface area contributed by atoms with Gasteiger partial charge < -0.3 is 10.2 Å². The first-order valence-electron chi connectivity index (χ1n) is 14.7. The Morgan fingerprint density at radius 1 is 0.844 bits per heavy atom. The SMILES string of the molecule is CC[C@@H](C)NC(=O)[C@@H](Cc1ccccc1)N(Cc1cccc(Cl)c1)C(=O)CN(c1ccc(C)c(Cl)c1)S(=O)(=O)c1ccccc1. The lowest BCUT2D eigenvalue weighted by atomic mass is 10.0. The second-order valence-corrected chi connectivity index (χ2v) is 13.6. The van der Waals surface area contributed by atoms with E-state index in [1.807, 2.05) is 57.2 Å². The van der Waals surface area contributed by atoms with E-state index >= 15 is 0 Å². The van der Waals surface area contributed by atoms with E-state index in [9.17, 15) is 18.0 Å². The van der Waals surface area contributed by atoms with Crippen molar-refractivity contribution < 1.29 is 18.0 Å². The fourth-order valence-corrected chi connectivity index (χ4v) is 6.63. The van der Waals surface area contributed by atoms with Gasteiger partial charge in [0.05, 0.1) is 10.6 Å². The lowest BCUT2D eigenvalue weighted by Gasteiger charge is -2.34. The van der Waals surface area contributed by atoms with Crippen LogP contribution < -0.4 is 9.62 Å². The number of rotatable bonds is 13. The quantitative estimate of drug-likeness (QED) is 0.166. The average molecular weight is 667 g/mol. The second kappa shape index (κ2) is 15.4. The van der Waals surface area contributed by atoms with E-state index in [2.05, 4.69) is 5.32 Å². The van der Waals surface area contributed by atoms with Crippen LogP contribution in [-0.4, -0.2) is 43.8 Å². The first-order valence-corrected chi connectivity index (χ1v) is 16.9. The van der Waals surface area contributed by atoms with E-state index in [0.717, 1.165) is 15.4 Å². The molecular weight excluding hydrogens is 629 g/mol. The van der Waals surface area contributed by atoms with E-state index in [0.29, 0.717) is 22.0 Å². The molecule has 0 aliphatic heterocycles. The molecule has 4 rings (SSSR count). The summed E-state index contributed by atoms with van der Waals surface area (Å²) in [5, 5.41) is 3.87. The maximum absolute atomic E-state index is 14.5. The predicted molar refractivity (Wildman–Crippen MR) is 181 cm³/mol. The van der Waals surface area contributed by atoms with Crippen molar-refractivity contribution in [1.82, 2.24) is 10.2 Å². The van der Waals surface area contributed by atoms with Crippen LogP contribution in [0.1, 0.15) is 37.0 Å². The van der Waals surface area contributed by atoms with Crippen LogP contribution in [0, 0.1) is 6.92 Å². The number of carbonyl (C=O) groups is 2. The topological polar surface area (TPSA) is 86.8 Å². The number of halogens is 2. The van der Waals surface area contributed by atoms with Crippen LogP contribution in [0.5, 0.6) is 0 Å². The molecule has 0 saturated heterocycles. The Hall–Kier alpha value is -3.85. The number of nitrogens with zero attached hydrogens (tertiary/aromatic N) is 2. The van der Waals surface area contributed by atoms with Crippen LogP contribution >= 0.6 is 23.2 Å². The monoisotopic (exact) mass is 665 g/mol. The number of carbonyl (C=O) groups excluding carboxylic acids is 2. The fraction of sp³-hybridized carbons (Fsp3) is 0.257. The molecule has 0 radical (unpaired) electrons. The molecule has 236 valence electrons. The van der Waals surface area contributed by atoms with Gasteiger partial charge in [-0.3, -0.25) is 13.9 Å². The van der Waals surface area contributed by atoms with Gasteiger partial charge in [0.2, 0.25) is 11.8 Å². The summed E-state index contributed by atoms with van der Waals surface area (Å²) in [5.41, 5.74) is 2.54. The number of benzene rings is 4. The Morgan fingerprint density at radius 2 is 1.49 bits per heavy atom.